The number of alkyl halides is 3. The Hall–Kier alpha value is -2.82. The molecular formula is C23H18Cl2F3N3O3S. The zero-order valence-electron chi connectivity index (χ0n) is 18.3. The van der Waals surface area contributed by atoms with E-state index in [4.69, 9.17) is 27.9 Å². The number of aromatic nitrogens is 1. The quantitative estimate of drug-likeness (QED) is 0.409. The smallest absolute Gasteiger partial charge is 0.431 e. The number of carbonyl (C=O) groups excluding carboxylic acids is 1. The van der Waals surface area contributed by atoms with Gasteiger partial charge < -0.3 is 19.9 Å². The van der Waals surface area contributed by atoms with Crippen LogP contribution in [0.5, 0.6) is 5.75 Å². The average molecular weight is 544 g/mol. The van der Waals surface area contributed by atoms with Crippen LogP contribution < -0.4 is 15.6 Å². The SMILES string of the molecule is CNc1cc2c(cc1OC)CN(C(=O)c1c(Sc3c(Cl)cccc3Cl)cc(C(F)(F)F)[nH]c1=O)C2. The Bertz CT molecular complexity index is 1330. The molecule has 0 atom stereocenters. The first-order chi connectivity index (χ1) is 16.5. The first-order valence-corrected chi connectivity index (χ1v) is 11.7. The van der Waals surface area contributed by atoms with Gasteiger partial charge in [-0.3, -0.25) is 9.59 Å². The molecule has 0 aliphatic carbocycles. The Morgan fingerprint density at radius 2 is 1.77 bits per heavy atom. The third kappa shape index (κ3) is 4.96. The minimum Gasteiger partial charge on any atom is -0.495 e. The lowest BCUT2D eigenvalue weighted by Crippen LogP contribution is -2.32. The molecule has 0 spiro atoms. The van der Waals surface area contributed by atoms with E-state index in [0.717, 1.165) is 34.6 Å². The summed E-state index contributed by atoms with van der Waals surface area (Å²) in [6.45, 7) is 0.330. The van der Waals surface area contributed by atoms with Crippen LogP contribution in [0.15, 0.2) is 51.0 Å². The molecule has 1 amide bonds. The fraction of sp³-hybridized carbons (Fsp3) is 0.217. The molecule has 0 fully saturated rings. The van der Waals surface area contributed by atoms with E-state index in [-0.39, 0.29) is 32.9 Å². The summed E-state index contributed by atoms with van der Waals surface area (Å²) < 4.78 is 45.7. The van der Waals surface area contributed by atoms with Gasteiger partial charge in [-0.2, -0.15) is 13.2 Å². The number of nitrogens with one attached hydrogen (secondary N) is 2. The summed E-state index contributed by atoms with van der Waals surface area (Å²) in [5, 5.41) is 3.36. The average Bonchev–Trinajstić information content (AvgIpc) is 3.22. The molecule has 1 aliphatic heterocycles. The normalized spacial score (nSPS) is 13.1. The van der Waals surface area contributed by atoms with Crippen molar-refractivity contribution in [3.05, 3.63) is 79.2 Å². The number of anilines is 1. The fourth-order valence-electron chi connectivity index (χ4n) is 3.76. The third-order valence-electron chi connectivity index (χ3n) is 5.45. The number of H-pyrrole nitrogens is 1. The second-order valence-electron chi connectivity index (χ2n) is 7.63. The number of rotatable bonds is 5. The van der Waals surface area contributed by atoms with Crippen molar-refractivity contribution >= 4 is 46.6 Å². The van der Waals surface area contributed by atoms with Gasteiger partial charge in [0.15, 0.2) is 0 Å². The van der Waals surface area contributed by atoms with Gasteiger partial charge in [-0.25, -0.2) is 0 Å². The first-order valence-electron chi connectivity index (χ1n) is 10.2. The molecule has 1 aliphatic rings. The van der Waals surface area contributed by atoms with E-state index in [1.165, 1.54) is 24.1 Å². The van der Waals surface area contributed by atoms with E-state index in [0.29, 0.717) is 5.75 Å². The van der Waals surface area contributed by atoms with Crippen LogP contribution >= 0.6 is 35.0 Å². The van der Waals surface area contributed by atoms with Crippen LogP contribution in [0.4, 0.5) is 18.9 Å². The molecule has 2 heterocycles. The second-order valence-corrected chi connectivity index (χ2v) is 9.50. The lowest BCUT2D eigenvalue weighted by molar-refractivity contribution is -0.141. The summed E-state index contributed by atoms with van der Waals surface area (Å²) in [4.78, 5) is 29.5. The van der Waals surface area contributed by atoms with Gasteiger partial charge in [-0.1, -0.05) is 41.0 Å². The fourth-order valence-corrected chi connectivity index (χ4v) is 5.39. The molecule has 12 heteroatoms. The maximum absolute atomic E-state index is 13.5. The highest BCUT2D eigenvalue weighted by Gasteiger charge is 2.36. The molecule has 184 valence electrons. The lowest BCUT2D eigenvalue weighted by Gasteiger charge is -2.18. The molecular weight excluding hydrogens is 526 g/mol. The van der Waals surface area contributed by atoms with Gasteiger partial charge >= 0.3 is 6.18 Å². The van der Waals surface area contributed by atoms with Crippen molar-refractivity contribution in [2.75, 3.05) is 19.5 Å². The van der Waals surface area contributed by atoms with Crippen LogP contribution in [-0.2, 0) is 19.3 Å². The highest BCUT2D eigenvalue weighted by Crippen LogP contribution is 2.41. The molecule has 2 aromatic carbocycles. The van der Waals surface area contributed by atoms with E-state index in [2.05, 4.69) is 5.32 Å². The van der Waals surface area contributed by atoms with Crippen LogP contribution in [0.25, 0.3) is 0 Å². The van der Waals surface area contributed by atoms with Crippen molar-refractivity contribution in [2.24, 2.45) is 0 Å². The predicted octanol–water partition coefficient (Wildman–Crippen LogP) is 6.06. The van der Waals surface area contributed by atoms with Crippen molar-refractivity contribution in [1.82, 2.24) is 9.88 Å². The Labute approximate surface area is 212 Å². The number of carbonyl (C=O) groups is 1. The van der Waals surface area contributed by atoms with E-state index in [1.807, 2.05) is 6.07 Å². The van der Waals surface area contributed by atoms with E-state index < -0.39 is 28.9 Å². The van der Waals surface area contributed by atoms with Crippen LogP contribution in [-0.4, -0.2) is 29.9 Å². The minimum atomic E-state index is -4.83. The minimum absolute atomic E-state index is 0.159. The summed E-state index contributed by atoms with van der Waals surface area (Å²) in [6, 6.07) is 8.94. The molecule has 0 radical (unpaired) electrons. The van der Waals surface area contributed by atoms with Crippen molar-refractivity contribution in [2.45, 2.75) is 29.1 Å². The maximum Gasteiger partial charge on any atom is 0.431 e. The first kappa shape index (κ1) is 25.3. The monoisotopic (exact) mass is 543 g/mol. The maximum atomic E-state index is 13.5. The van der Waals surface area contributed by atoms with E-state index in [1.54, 1.807) is 24.2 Å². The number of benzene rings is 2. The van der Waals surface area contributed by atoms with E-state index in [9.17, 15) is 22.8 Å². The van der Waals surface area contributed by atoms with Crippen LogP contribution in [0.1, 0.15) is 27.2 Å². The summed E-state index contributed by atoms with van der Waals surface area (Å²) in [5.74, 6) is -0.135. The number of fused-ring (bicyclic) bond motifs is 1. The van der Waals surface area contributed by atoms with Gasteiger partial charge in [0, 0.05) is 29.9 Å². The Morgan fingerprint density at radius 3 is 2.34 bits per heavy atom. The standard InChI is InChI=1S/C23H18Cl2F3N3O3S/c1-29-15-6-11-9-31(10-12(11)7-16(15)34-2)22(33)19-17(8-18(23(26,27)28)30-21(19)32)35-20-13(24)4-3-5-14(20)25/h3-8,29H,9-10H2,1-2H3,(H,30,32). The molecule has 35 heavy (non-hydrogen) atoms. The van der Waals surface area contributed by atoms with Crippen molar-refractivity contribution in [3.8, 4) is 5.75 Å². The number of hydrogen-bond acceptors (Lipinski definition) is 5. The highest BCUT2D eigenvalue weighted by molar-refractivity contribution is 7.99. The molecule has 4 rings (SSSR count). The number of methoxy groups -OCH3 is 1. The third-order valence-corrected chi connectivity index (χ3v) is 7.49. The van der Waals surface area contributed by atoms with Crippen LogP contribution in [0.3, 0.4) is 0 Å². The number of halogens is 5. The summed E-state index contributed by atoms with van der Waals surface area (Å²) in [5.41, 5.74) is -0.501. The zero-order valence-corrected chi connectivity index (χ0v) is 20.7. The van der Waals surface area contributed by atoms with Crippen LogP contribution in [0, 0.1) is 0 Å². The number of hydrogen-bond donors (Lipinski definition) is 2. The zero-order chi connectivity index (χ0) is 25.5. The highest BCUT2D eigenvalue weighted by atomic mass is 35.5. The van der Waals surface area contributed by atoms with Gasteiger partial charge in [0.05, 0.1) is 22.8 Å². The molecule has 6 nitrogen and oxygen atoms in total. The van der Waals surface area contributed by atoms with Crippen molar-refractivity contribution in [3.63, 3.8) is 0 Å². The molecule has 0 saturated carbocycles. The van der Waals surface area contributed by atoms with Crippen LogP contribution in [0.2, 0.25) is 10.0 Å². The van der Waals surface area contributed by atoms with Gasteiger partial charge in [-0.05, 0) is 41.5 Å². The number of nitrogens with zero attached hydrogens (tertiary/aromatic N) is 1. The summed E-state index contributed by atoms with van der Waals surface area (Å²) in [6.07, 6.45) is -4.83. The second kappa shape index (κ2) is 9.67. The molecule has 0 unspecified atom stereocenters. The topological polar surface area (TPSA) is 74.4 Å². The lowest BCUT2D eigenvalue weighted by atomic mass is 10.1. The predicted molar refractivity (Wildman–Crippen MR) is 129 cm³/mol. The number of aromatic amines is 1. The van der Waals surface area contributed by atoms with Crippen molar-refractivity contribution < 1.29 is 22.7 Å². The largest absolute Gasteiger partial charge is 0.495 e. The van der Waals surface area contributed by atoms with Crippen molar-refractivity contribution in [1.29, 1.82) is 0 Å². The van der Waals surface area contributed by atoms with Gasteiger partial charge in [0.25, 0.3) is 11.5 Å². The summed E-state index contributed by atoms with van der Waals surface area (Å²) in [7, 11) is 3.25. The Kier molecular flexibility index (Phi) is 6.99. The number of pyridine rings is 1. The molecule has 0 saturated heterocycles. The molecule has 3 aromatic rings. The van der Waals surface area contributed by atoms with Gasteiger partial charge in [-0.15, -0.1) is 0 Å². The Morgan fingerprint density at radius 1 is 1.14 bits per heavy atom. The summed E-state index contributed by atoms with van der Waals surface area (Å²) >= 11 is 13.1. The Balaban J connectivity index is 1.77. The molecule has 2 N–H and O–H groups in total. The number of ether oxygens (including phenoxy) is 1. The van der Waals surface area contributed by atoms with Gasteiger partial charge in [0.1, 0.15) is 17.0 Å². The van der Waals surface area contributed by atoms with E-state index >= 15 is 0 Å². The molecule has 1 aromatic heterocycles. The number of amides is 1. The van der Waals surface area contributed by atoms with Gasteiger partial charge in [0.2, 0.25) is 0 Å². The molecule has 0 bridgehead atoms.